The van der Waals surface area contributed by atoms with Gasteiger partial charge in [-0.15, -0.1) is 0 Å². The molecule has 0 aromatic heterocycles. The molecule has 0 amide bonds. The predicted octanol–water partition coefficient (Wildman–Crippen LogP) is 2.86. The maximum absolute atomic E-state index is 11.5. The van der Waals surface area contributed by atoms with E-state index in [2.05, 4.69) is 30.2 Å². The number of nitrogens with zero attached hydrogens (tertiary/aromatic N) is 1. The lowest BCUT2D eigenvalue weighted by atomic mass is 9.87. The van der Waals surface area contributed by atoms with E-state index >= 15 is 0 Å². The summed E-state index contributed by atoms with van der Waals surface area (Å²) >= 11 is 0. The van der Waals surface area contributed by atoms with Gasteiger partial charge in [0, 0.05) is 11.1 Å². The van der Waals surface area contributed by atoms with Crippen LogP contribution >= 0.6 is 0 Å². The first-order valence-corrected chi connectivity index (χ1v) is 7.51. The van der Waals surface area contributed by atoms with Crippen molar-refractivity contribution in [2.45, 2.75) is 52.1 Å². The summed E-state index contributed by atoms with van der Waals surface area (Å²) in [6.45, 7) is 8.14. The van der Waals surface area contributed by atoms with Crippen LogP contribution in [0.15, 0.2) is 29.3 Å². The van der Waals surface area contributed by atoms with E-state index in [1.807, 2.05) is 32.0 Å². The minimum Gasteiger partial charge on any atom is -0.480 e. The van der Waals surface area contributed by atoms with Crippen molar-refractivity contribution in [3.63, 3.8) is 0 Å². The smallest absolute Gasteiger partial charge is 0.328 e. The number of hydrogen-bond donors (Lipinski definition) is 2. The minimum atomic E-state index is -0.862. The molecule has 0 bridgehead atoms. The molecule has 1 aromatic carbocycles. The Bertz CT molecular complexity index is 564. The van der Waals surface area contributed by atoms with Crippen LogP contribution in [0.5, 0.6) is 0 Å². The summed E-state index contributed by atoms with van der Waals surface area (Å²) in [6, 6.07) is 7.37. The lowest BCUT2D eigenvalue weighted by Gasteiger charge is -2.35. The summed E-state index contributed by atoms with van der Waals surface area (Å²) < 4.78 is 0. The Labute approximate surface area is 126 Å². The first kappa shape index (κ1) is 15.5. The average Bonchev–Trinajstić information content (AvgIpc) is 2.42. The van der Waals surface area contributed by atoms with Crippen molar-refractivity contribution >= 4 is 11.8 Å². The van der Waals surface area contributed by atoms with Gasteiger partial charge in [0.05, 0.1) is 0 Å². The Morgan fingerprint density at radius 2 is 2.10 bits per heavy atom. The summed E-state index contributed by atoms with van der Waals surface area (Å²) in [4.78, 5) is 16.1. The molecule has 0 fully saturated rings. The van der Waals surface area contributed by atoms with Gasteiger partial charge >= 0.3 is 5.97 Å². The molecule has 114 valence electrons. The minimum absolute atomic E-state index is 0.00833. The van der Waals surface area contributed by atoms with Crippen molar-refractivity contribution in [3.8, 4) is 0 Å². The maximum Gasteiger partial charge on any atom is 0.328 e. The van der Waals surface area contributed by atoms with Gasteiger partial charge in [0.15, 0.2) is 6.04 Å². The average molecular weight is 288 g/mol. The summed E-state index contributed by atoms with van der Waals surface area (Å²) in [6.07, 6.45) is 1.70. The van der Waals surface area contributed by atoms with E-state index in [9.17, 15) is 9.90 Å². The number of amidine groups is 1. The third-order valence-corrected chi connectivity index (χ3v) is 4.07. The van der Waals surface area contributed by atoms with E-state index in [0.29, 0.717) is 5.84 Å². The Hall–Kier alpha value is -1.84. The molecule has 0 spiro atoms. The maximum atomic E-state index is 11.5. The van der Waals surface area contributed by atoms with Gasteiger partial charge < -0.3 is 10.4 Å². The van der Waals surface area contributed by atoms with E-state index in [1.54, 1.807) is 0 Å². The number of rotatable bonds is 4. The van der Waals surface area contributed by atoms with Crippen LogP contribution < -0.4 is 5.32 Å². The first-order valence-electron chi connectivity index (χ1n) is 7.51. The molecule has 2 N–H and O–H groups in total. The number of fused-ring (bicyclic) bond motifs is 1. The second-order valence-corrected chi connectivity index (χ2v) is 6.49. The predicted molar refractivity (Wildman–Crippen MR) is 84.8 cm³/mol. The van der Waals surface area contributed by atoms with Crippen molar-refractivity contribution in [2.24, 2.45) is 10.9 Å². The van der Waals surface area contributed by atoms with Gasteiger partial charge in [0.1, 0.15) is 5.84 Å². The van der Waals surface area contributed by atoms with Crippen molar-refractivity contribution in [2.75, 3.05) is 0 Å². The molecule has 21 heavy (non-hydrogen) atoms. The zero-order chi connectivity index (χ0) is 15.6. The number of benzene rings is 1. The van der Waals surface area contributed by atoms with Crippen molar-refractivity contribution in [1.29, 1.82) is 0 Å². The van der Waals surface area contributed by atoms with Gasteiger partial charge in [0.25, 0.3) is 0 Å². The van der Waals surface area contributed by atoms with Gasteiger partial charge in [-0.1, -0.05) is 44.5 Å². The van der Waals surface area contributed by atoms with Crippen molar-refractivity contribution < 1.29 is 9.90 Å². The second kappa shape index (κ2) is 5.88. The van der Waals surface area contributed by atoms with Crippen LogP contribution in [-0.2, 0) is 11.2 Å². The zero-order valence-corrected chi connectivity index (χ0v) is 13.2. The molecule has 2 rings (SSSR count). The highest BCUT2D eigenvalue weighted by Crippen LogP contribution is 2.24. The lowest BCUT2D eigenvalue weighted by Crippen LogP contribution is -2.50. The van der Waals surface area contributed by atoms with Crippen LogP contribution in [-0.4, -0.2) is 28.5 Å². The number of carbonyl (C=O) groups is 1. The Balaban J connectivity index is 2.46. The normalized spacial score (nSPS) is 21.2. The Kier molecular flexibility index (Phi) is 4.35. The number of carboxylic acid groups (broad SMARTS) is 1. The van der Waals surface area contributed by atoms with Crippen LogP contribution in [0.2, 0.25) is 0 Å². The molecular weight excluding hydrogens is 264 g/mol. The highest BCUT2D eigenvalue weighted by Gasteiger charge is 2.30. The summed E-state index contributed by atoms with van der Waals surface area (Å²) in [5, 5.41) is 12.8. The fourth-order valence-corrected chi connectivity index (χ4v) is 2.70. The first-order chi connectivity index (χ1) is 9.84. The van der Waals surface area contributed by atoms with Gasteiger partial charge in [0.2, 0.25) is 0 Å². The summed E-state index contributed by atoms with van der Waals surface area (Å²) in [5.74, 6) is -0.150. The molecule has 1 aliphatic heterocycles. The monoisotopic (exact) mass is 288 g/mol. The fourth-order valence-electron chi connectivity index (χ4n) is 2.70. The molecule has 2 atom stereocenters. The van der Waals surface area contributed by atoms with Crippen molar-refractivity contribution in [1.82, 2.24) is 5.32 Å². The third-order valence-electron chi connectivity index (χ3n) is 4.07. The number of aliphatic carboxylic acids is 1. The molecule has 0 aliphatic carbocycles. The third kappa shape index (κ3) is 3.43. The molecule has 0 radical (unpaired) electrons. The van der Waals surface area contributed by atoms with Gasteiger partial charge in [-0.05, 0) is 31.7 Å². The largest absolute Gasteiger partial charge is 0.480 e. The van der Waals surface area contributed by atoms with E-state index in [-0.39, 0.29) is 11.5 Å². The van der Waals surface area contributed by atoms with Crippen LogP contribution in [0.4, 0.5) is 0 Å². The zero-order valence-electron chi connectivity index (χ0n) is 13.2. The topological polar surface area (TPSA) is 61.7 Å². The Morgan fingerprint density at radius 1 is 1.43 bits per heavy atom. The molecule has 0 saturated carbocycles. The molecule has 1 aliphatic rings. The quantitative estimate of drug-likeness (QED) is 0.895. The molecule has 4 heteroatoms. The highest BCUT2D eigenvalue weighted by atomic mass is 16.4. The fraction of sp³-hybridized carbons (Fsp3) is 0.529. The van der Waals surface area contributed by atoms with E-state index in [1.165, 1.54) is 5.56 Å². The summed E-state index contributed by atoms with van der Waals surface area (Å²) in [7, 11) is 0. The number of nitrogens with one attached hydrogen (secondary N) is 1. The molecule has 1 heterocycles. The van der Waals surface area contributed by atoms with E-state index < -0.39 is 12.0 Å². The molecule has 1 aromatic rings. The molecular formula is C17H24N2O2. The van der Waals surface area contributed by atoms with Crippen LogP contribution in [0.1, 0.15) is 45.2 Å². The highest BCUT2D eigenvalue weighted by molar-refractivity contribution is 6.02. The standard InChI is InChI=1S/C17H24N2O2/c1-5-11(2)14(16(20)21)18-15-13-9-7-6-8-12(13)10-17(3,4)19-15/h6-9,11,14H,5,10H2,1-4H3,(H,18,19)(H,20,21)/t11-,14-/m1/s1. The SMILES string of the molecule is CC[C@@H](C)[C@@H](N=C1NC(C)(C)Cc2ccccc21)C(=O)O. The molecule has 4 nitrogen and oxygen atoms in total. The van der Waals surface area contributed by atoms with Gasteiger partial charge in [-0.2, -0.15) is 0 Å². The Morgan fingerprint density at radius 3 is 2.71 bits per heavy atom. The number of hydrogen-bond acceptors (Lipinski definition) is 2. The number of aliphatic imine (C=N–C) groups is 1. The van der Waals surface area contributed by atoms with Gasteiger partial charge in [-0.3, -0.25) is 4.99 Å². The second-order valence-electron chi connectivity index (χ2n) is 6.49. The van der Waals surface area contributed by atoms with E-state index in [4.69, 9.17) is 0 Å². The number of carboxylic acids is 1. The molecule has 0 unspecified atom stereocenters. The van der Waals surface area contributed by atoms with Crippen LogP contribution in [0, 0.1) is 5.92 Å². The van der Waals surface area contributed by atoms with Crippen molar-refractivity contribution in [3.05, 3.63) is 35.4 Å². The molecule has 0 saturated heterocycles. The summed E-state index contributed by atoms with van der Waals surface area (Å²) in [5.41, 5.74) is 2.12. The van der Waals surface area contributed by atoms with Gasteiger partial charge in [-0.25, -0.2) is 4.79 Å². The lowest BCUT2D eigenvalue weighted by molar-refractivity contribution is -0.139. The van der Waals surface area contributed by atoms with E-state index in [0.717, 1.165) is 18.4 Å². The van der Waals surface area contributed by atoms with Crippen LogP contribution in [0.3, 0.4) is 0 Å². The van der Waals surface area contributed by atoms with Crippen LogP contribution in [0.25, 0.3) is 0 Å².